The second-order valence-electron chi connectivity index (χ2n) is 8.95. The van der Waals surface area contributed by atoms with Gasteiger partial charge in [0.25, 0.3) is 0 Å². The maximum Gasteiger partial charge on any atom is 0.126 e. The fraction of sp³-hybridized carbons (Fsp3) is 0.538. The number of hydrogen-bond donors (Lipinski definition) is 1. The average Bonchev–Trinajstić information content (AvgIpc) is 2.77. The van der Waals surface area contributed by atoms with Gasteiger partial charge in [-0.1, -0.05) is 25.5 Å². The zero-order chi connectivity index (χ0) is 22.3. The van der Waals surface area contributed by atoms with Crippen LogP contribution in [-0.2, 0) is 6.54 Å². The van der Waals surface area contributed by atoms with Gasteiger partial charge >= 0.3 is 0 Å². The van der Waals surface area contributed by atoms with Crippen molar-refractivity contribution >= 4 is 5.69 Å². The quantitative estimate of drug-likeness (QED) is 0.551. The largest absolute Gasteiger partial charge is 0.494 e. The molecule has 1 saturated heterocycles. The van der Waals surface area contributed by atoms with Crippen molar-refractivity contribution in [2.24, 2.45) is 0 Å². The summed E-state index contributed by atoms with van der Waals surface area (Å²) < 4.78 is 19.5. The molecule has 1 heterocycles. The molecule has 1 aliphatic heterocycles. The predicted molar refractivity (Wildman–Crippen MR) is 129 cm³/mol. The zero-order valence-electron chi connectivity index (χ0n) is 19.7. The average molecular weight is 447 g/mol. The third-order valence-corrected chi connectivity index (χ3v) is 6.39. The summed E-state index contributed by atoms with van der Waals surface area (Å²) in [4.78, 5) is 4.49. The Morgan fingerprint density at radius 2 is 1.81 bits per heavy atom. The SMILES string of the molecule is CCCCOc1ccc(N(C)CCC2(O)CCN(Cc3ccc(C)c(F)c3)CC2)cc1.O. The number of likely N-dealkylation sites (tertiary alicyclic amines) is 1. The lowest BCUT2D eigenvalue weighted by atomic mass is 9.88. The molecule has 2 aromatic carbocycles. The number of halogens is 1. The first kappa shape index (κ1) is 26.1. The molecule has 0 radical (unpaired) electrons. The van der Waals surface area contributed by atoms with Crippen LogP contribution in [0.15, 0.2) is 42.5 Å². The molecule has 0 aliphatic carbocycles. The highest BCUT2D eigenvalue weighted by atomic mass is 19.1. The highest BCUT2D eigenvalue weighted by Crippen LogP contribution is 2.28. The Balaban J connectivity index is 0.00000363. The monoisotopic (exact) mass is 446 g/mol. The van der Waals surface area contributed by atoms with Crippen LogP contribution >= 0.6 is 0 Å². The molecule has 178 valence electrons. The molecule has 0 aromatic heterocycles. The summed E-state index contributed by atoms with van der Waals surface area (Å²) in [5.41, 5.74) is 2.17. The lowest BCUT2D eigenvalue weighted by molar-refractivity contribution is -0.0275. The van der Waals surface area contributed by atoms with Gasteiger partial charge in [0.15, 0.2) is 0 Å². The van der Waals surface area contributed by atoms with Crippen LogP contribution in [0.25, 0.3) is 0 Å². The molecule has 0 spiro atoms. The minimum atomic E-state index is -0.632. The summed E-state index contributed by atoms with van der Waals surface area (Å²) in [6.07, 6.45) is 4.44. The first-order valence-electron chi connectivity index (χ1n) is 11.5. The maximum absolute atomic E-state index is 13.8. The van der Waals surface area contributed by atoms with E-state index in [1.165, 1.54) is 0 Å². The highest BCUT2D eigenvalue weighted by molar-refractivity contribution is 5.48. The molecule has 2 aromatic rings. The van der Waals surface area contributed by atoms with Gasteiger partial charge in [-0.25, -0.2) is 4.39 Å². The number of aliphatic hydroxyl groups is 1. The topological polar surface area (TPSA) is 67.4 Å². The lowest BCUT2D eigenvalue weighted by Crippen LogP contribution is -2.45. The minimum absolute atomic E-state index is 0. The van der Waals surface area contributed by atoms with Crippen LogP contribution in [0.3, 0.4) is 0 Å². The van der Waals surface area contributed by atoms with Crippen molar-refractivity contribution < 1.29 is 19.7 Å². The van der Waals surface area contributed by atoms with Crippen LogP contribution in [-0.4, -0.2) is 54.4 Å². The normalized spacial score (nSPS) is 15.8. The number of benzene rings is 2. The van der Waals surface area contributed by atoms with Crippen molar-refractivity contribution in [3.8, 4) is 5.75 Å². The lowest BCUT2D eigenvalue weighted by Gasteiger charge is -2.39. The van der Waals surface area contributed by atoms with Crippen LogP contribution < -0.4 is 9.64 Å². The summed E-state index contributed by atoms with van der Waals surface area (Å²) in [6, 6.07) is 13.7. The van der Waals surface area contributed by atoms with Crippen LogP contribution in [0.2, 0.25) is 0 Å². The molecule has 3 N–H and O–H groups in total. The summed E-state index contributed by atoms with van der Waals surface area (Å²) >= 11 is 0. The van der Waals surface area contributed by atoms with Gasteiger partial charge in [0, 0.05) is 38.9 Å². The molecule has 32 heavy (non-hydrogen) atoms. The Hall–Kier alpha value is -2.15. The van der Waals surface area contributed by atoms with Gasteiger partial charge in [0.2, 0.25) is 0 Å². The fourth-order valence-electron chi connectivity index (χ4n) is 4.01. The molecule has 0 unspecified atom stereocenters. The van der Waals surface area contributed by atoms with Gasteiger partial charge in [0.05, 0.1) is 12.2 Å². The molecule has 0 saturated carbocycles. The molecule has 0 bridgehead atoms. The molecule has 5 nitrogen and oxygen atoms in total. The number of hydrogen-bond acceptors (Lipinski definition) is 4. The van der Waals surface area contributed by atoms with Crippen LogP contribution in [0.1, 0.15) is 50.2 Å². The fourth-order valence-corrected chi connectivity index (χ4v) is 4.01. The molecular weight excluding hydrogens is 407 g/mol. The smallest absolute Gasteiger partial charge is 0.126 e. The molecule has 1 aliphatic rings. The van der Waals surface area contributed by atoms with E-state index in [1.807, 2.05) is 24.3 Å². The first-order chi connectivity index (χ1) is 14.9. The number of rotatable bonds is 10. The Kier molecular flexibility index (Phi) is 9.94. The van der Waals surface area contributed by atoms with E-state index in [0.717, 1.165) is 81.9 Å². The first-order valence-corrected chi connectivity index (χ1v) is 11.5. The van der Waals surface area contributed by atoms with Gasteiger partial charge in [-0.3, -0.25) is 4.90 Å². The van der Waals surface area contributed by atoms with Crippen molar-refractivity contribution in [1.29, 1.82) is 0 Å². The predicted octanol–water partition coefficient (Wildman–Crippen LogP) is 4.34. The van der Waals surface area contributed by atoms with E-state index in [0.29, 0.717) is 5.56 Å². The van der Waals surface area contributed by atoms with Gasteiger partial charge < -0.3 is 20.2 Å². The molecule has 0 amide bonds. The third-order valence-electron chi connectivity index (χ3n) is 6.39. The summed E-state index contributed by atoms with van der Waals surface area (Å²) in [5, 5.41) is 11.1. The summed E-state index contributed by atoms with van der Waals surface area (Å²) in [7, 11) is 2.07. The molecule has 6 heteroatoms. The Bertz CT molecular complexity index is 820. The Labute approximate surface area is 192 Å². The number of piperidine rings is 1. The zero-order valence-corrected chi connectivity index (χ0v) is 19.7. The standard InChI is InChI=1S/C26H37FN2O2.H2O/c1-4-5-18-31-24-10-8-23(9-11-24)28(3)15-12-26(30)13-16-29(17-14-26)20-22-7-6-21(2)25(27)19-22;/h6-11,19,30H,4-5,12-18,20H2,1-3H3;1H2. The minimum Gasteiger partial charge on any atom is -0.494 e. The van der Waals surface area contributed by atoms with Gasteiger partial charge in [-0.2, -0.15) is 0 Å². The maximum atomic E-state index is 13.8. The van der Waals surface area contributed by atoms with Gasteiger partial charge in [-0.15, -0.1) is 0 Å². The number of nitrogens with zero attached hydrogens (tertiary/aromatic N) is 2. The number of unbranched alkanes of at least 4 members (excludes halogenated alkanes) is 1. The number of ether oxygens (including phenoxy) is 1. The van der Waals surface area contributed by atoms with E-state index in [9.17, 15) is 9.50 Å². The molecule has 0 atom stereocenters. The van der Waals surface area contributed by atoms with Crippen LogP contribution in [0.5, 0.6) is 5.75 Å². The molecule has 1 fully saturated rings. The van der Waals surface area contributed by atoms with E-state index >= 15 is 0 Å². The number of anilines is 1. The van der Waals surface area contributed by atoms with E-state index in [4.69, 9.17) is 4.74 Å². The van der Waals surface area contributed by atoms with Crippen molar-refractivity contribution in [3.05, 3.63) is 59.4 Å². The molecule has 3 rings (SSSR count). The van der Waals surface area contributed by atoms with Gasteiger partial charge in [0.1, 0.15) is 11.6 Å². The summed E-state index contributed by atoms with van der Waals surface area (Å²) in [5.74, 6) is 0.764. The molecular formula is C26H39FN2O3. The van der Waals surface area contributed by atoms with Crippen molar-refractivity contribution in [3.63, 3.8) is 0 Å². The second kappa shape index (κ2) is 12.2. The van der Waals surface area contributed by atoms with E-state index in [2.05, 4.69) is 35.9 Å². The second-order valence-corrected chi connectivity index (χ2v) is 8.95. The van der Waals surface area contributed by atoms with E-state index in [-0.39, 0.29) is 11.3 Å². The van der Waals surface area contributed by atoms with Gasteiger partial charge in [-0.05, 0) is 74.1 Å². The Morgan fingerprint density at radius 3 is 2.44 bits per heavy atom. The van der Waals surface area contributed by atoms with Crippen LogP contribution in [0, 0.1) is 12.7 Å². The van der Waals surface area contributed by atoms with Crippen molar-refractivity contribution in [1.82, 2.24) is 4.90 Å². The number of aryl methyl sites for hydroxylation is 1. The van der Waals surface area contributed by atoms with Crippen LogP contribution in [0.4, 0.5) is 10.1 Å². The Morgan fingerprint density at radius 1 is 1.12 bits per heavy atom. The third kappa shape index (κ3) is 7.47. The van der Waals surface area contributed by atoms with E-state index < -0.39 is 5.60 Å². The van der Waals surface area contributed by atoms with E-state index in [1.54, 1.807) is 13.0 Å². The van der Waals surface area contributed by atoms with Crippen molar-refractivity contribution in [2.75, 3.05) is 38.2 Å². The summed E-state index contributed by atoms with van der Waals surface area (Å²) in [6.45, 7) is 7.90. The van der Waals surface area contributed by atoms with Crippen molar-refractivity contribution in [2.45, 2.75) is 58.1 Å². The highest BCUT2D eigenvalue weighted by Gasteiger charge is 2.32.